The van der Waals surface area contributed by atoms with Crippen LogP contribution in [0, 0.1) is 11.8 Å². The first kappa shape index (κ1) is 13.3. The second-order valence-corrected chi connectivity index (χ2v) is 4.74. The lowest BCUT2D eigenvalue weighted by Crippen LogP contribution is -1.93. The van der Waals surface area contributed by atoms with E-state index in [0.717, 1.165) is 30.3 Å². The Labute approximate surface area is 100 Å². The average Bonchev–Trinajstić information content (AvgIpc) is 2.88. The molecule has 0 spiro atoms. The lowest BCUT2D eigenvalue weighted by Gasteiger charge is -2.05. The first-order valence-corrected chi connectivity index (χ1v) is 6.17. The van der Waals surface area contributed by atoms with E-state index < -0.39 is 0 Å². The molecule has 3 atom stereocenters. The van der Waals surface area contributed by atoms with Crippen LogP contribution in [0.2, 0.25) is 5.82 Å². The van der Waals surface area contributed by atoms with Crippen molar-refractivity contribution in [2.75, 3.05) is 0 Å². The normalized spacial score (nSPS) is 31.0. The standard InChI is InChI=1S/C14H21BO/c1-5-9(3)12(8-16)7-11(6-2)13-10(4)14(13)15/h7-8,10,13-14H,5-6H2,1-4H3/b11-7+,12-9-. The van der Waals surface area contributed by atoms with Crippen LogP contribution in [0.25, 0.3) is 0 Å². The molecule has 0 heterocycles. The molecule has 1 aliphatic rings. The molecule has 0 aromatic heterocycles. The molecule has 1 aliphatic carbocycles. The fraction of sp³-hybridized carbons (Fsp3) is 0.643. The minimum Gasteiger partial charge on any atom is -0.298 e. The molecular weight excluding hydrogens is 195 g/mol. The van der Waals surface area contributed by atoms with E-state index in [0.29, 0.717) is 17.7 Å². The Kier molecular flexibility index (Phi) is 4.58. The molecule has 86 valence electrons. The predicted octanol–water partition coefficient (Wildman–Crippen LogP) is 3.47. The molecule has 2 radical (unpaired) electrons. The fourth-order valence-electron chi connectivity index (χ4n) is 2.17. The van der Waals surface area contributed by atoms with Gasteiger partial charge in [0.25, 0.3) is 0 Å². The monoisotopic (exact) mass is 216 g/mol. The summed E-state index contributed by atoms with van der Waals surface area (Å²) < 4.78 is 0. The Morgan fingerprint density at radius 1 is 1.31 bits per heavy atom. The van der Waals surface area contributed by atoms with Gasteiger partial charge in [-0.2, -0.15) is 0 Å². The molecule has 0 N–H and O–H groups in total. The summed E-state index contributed by atoms with van der Waals surface area (Å²) in [5, 5.41) is 0. The number of hydrogen-bond donors (Lipinski definition) is 0. The molecule has 0 saturated heterocycles. The lowest BCUT2D eigenvalue weighted by atomic mass is 9.94. The smallest absolute Gasteiger partial charge is 0.149 e. The Morgan fingerprint density at radius 2 is 1.88 bits per heavy atom. The van der Waals surface area contributed by atoms with Gasteiger partial charge < -0.3 is 0 Å². The van der Waals surface area contributed by atoms with Crippen LogP contribution >= 0.6 is 0 Å². The Hall–Kier alpha value is -0.785. The van der Waals surface area contributed by atoms with Crippen LogP contribution in [0.1, 0.15) is 40.5 Å². The maximum atomic E-state index is 11.0. The maximum absolute atomic E-state index is 11.0. The summed E-state index contributed by atoms with van der Waals surface area (Å²) in [5.41, 5.74) is 3.32. The van der Waals surface area contributed by atoms with E-state index in [1.54, 1.807) is 0 Å². The molecule has 1 fully saturated rings. The SMILES string of the molecule is [B]C1C(C)C1/C(=C/C(C=O)=C(\C)CC)CC. The zero-order valence-electron chi connectivity index (χ0n) is 10.8. The Bertz CT molecular complexity index is 320. The van der Waals surface area contributed by atoms with Gasteiger partial charge in [0, 0.05) is 5.57 Å². The molecular formula is C14H21BO. The summed E-state index contributed by atoms with van der Waals surface area (Å²) in [6.07, 6.45) is 4.93. The minimum atomic E-state index is 0.293. The second kappa shape index (κ2) is 5.52. The third-order valence-corrected chi connectivity index (χ3v) is 3.77. The van der Waals surface area contributed by atoms with Crippen molar-refractivity contribution in [1.29, 1.82) is 0 Å². The van der Waals surface area contributed by atoms with Gasteiger partial charge in [-0.25, -0.2) is 0 Å². The van der Waals surface area contributed by atoms with Gasteiger partial charge in [0.1, 0.15) is 6.29 Å². The van der Waals surface area contributed by atoms with Gasteiger partial charge in [0.15, 0.2) is 0 Å². The van der Waals surface area contributed by atoms with E-state index in [4.69, 9.17) is 7.85 Å². The molecule has 0 aromatic rings. The van der Waals surface area contributed by atoms with E-state index in [1.165, 1.54) is 5.57 Å². The Balaban J connectivity index is 2.91. The zero-order chi connectivity index (χ0) is 12.3. The maximum Gasteiger partial charge on any atom is 0.149 e. The number of aldehydes is 1. The summed E-state index contributed by atoms with van der Waals surface area (Å²) in [5.74, 6) is 1.35. The summed E-state index contributed by atoms with van der Waals surface area (Å²) in [7, 11) is 5.97. The highest BCUT2D eigenvalue weighted by molar-refractivity contribution is 6.14. The predicted molar refractivity (Wildman–Crippen MR) is 69.6 cm³/mol. The fourth-order valence-corrected chi connectivity index (χ4v) is 2.17. The van der Waals surface area contributed by atoms with E-state index in [2.05, 4.69) is 26.8 Å². The van der Waals surface area contributed by atoms with Crippen molar-refractivity contribution >= 4 is 14.1 Å². The van der Waals surface area contributed by atoms with Crippen molar-refractivity contribution in [3.8, 4) is 0 Å². The highest BCUT2D eigenvalue weighted by Gasteiger charge is 2.43. The van der Waals surface area contributed by atoms with Crippen LogP contribution in [0.5, 0.6) is 0 Å². The van der Waals surface area contributed by atoms with Crippen LogP contribution in [-0.4, -0.2) is 14.1 Å². The summed E-state index contributed by atoms with van der Waals surface area (Å²) in [4.78, 5) is 11.0. The number of carbonyl (C=O) groups excluding carboxylic acids is 1. The van der Waals surface area contributed by atoms with Crippen molar-refractivity contribution in [3.05, 3.63) is 22.8 Å². The van der Waals surface area contributed by atoms with Crippen molar-refractivity contribution < 1.29 is 4.79 Å². The van der Waals surface area contributed by atoms with E-state index in [1.807, 2.05) is 6.92 Å². The van der Waals surface area contributed by atoms with Gasteiger partial charge >= 0.3 is 0 Å². The highest BCUT2D eigenvalue weighted by Crippen LogP contribution is 2.54. The molecule has 1 rings (SSSR count). The quantitative estimate of drug-likeness (QED) is 0.297. The van der Waals surface area contributed by atoms with Crippen LogP contribution in [-0.2, 0) is 4.79 Å². The van der Waals surface area contributed by atoms with Gasteiger partial charge in [0.2, 0.25) is 0 Å². The van der Waals surface area contributed by atoms with Gasteiger partial charge in [-0.05, 0) is 31.6 Å². The molecule has 0 aromatic carbocycles. The van der Waals surface area contributed by atoms with Crippen molar-refractivity contribution in [2.24, 2.45) is 11.8 Å². The third kappa shape index (κ3) is 2.66. The largest absolute Gasteiger partial charge is 0.298 e. The van der Waals surface area contributed by atoms with E-state index in [-0.39, 0.29) is 0 Å². The lowest BCUT2D eigenvalue weighted by molar-refractivity contribution is -0.104. The van der Waals surface area contributed by atoms with Crippen LogP contribution in [0.15, 0.2) is 22.8 Å². The van der Waals surface area contributed by atoms with E-state index >= 15 is 0 Å². The number of rotatable bonds is 5. The van der Waals surface area contributed by atoms with E-state index in [9.17, 15) is 4.79 Å². The molecule has 2 heteroatoms. The van der Waals surface area contributed by atoms with Crippen molar-refractivity contribution in [3.63, 3.8) is 0 Å². The van der Waals surface area contributed by atoms with Crippen molar-refractivity contribution in [1.82, 2.24) is 0 Å². The highest BCUT2D eigenvalue weighted by atomic mass is 16.1. The average molecular weight is 216 g/mol. The number of hydrogen-bond acceptors (Lipinski definition) is 1. The number of carbonyl (C=O) groups is 1. The molecule has 1 nitrogen and oxygen atoms in total. The topological polar surface area (TPSA) is 17.1 Å². The second-order valence-electron chi connectivity index (χ2n) is 4.74. The third-order valence-electron chi connectivity index (χ3n) is 3.77. The van der Waals surface area contributed by atoms with Crippen LogP contribution in [0.4, 0.5) is 0 Å². The molecule has 0 bridgehead atoms. The minimum absolute atomic E-state index is 0.293. The van der Waals surface area contributed by atoms with Gasteiger partial charge in [-0.3, -0.25) is 4.79 Å². The van der Waals surface area contributed by atoms with Crippen LogP contribution in [0.3, 0.4) is 0 Å². The zero-order valence-corrected chi connectivity index (χ0v) is 10.8. The summed E-state index contributed by atoms with van der Waals surface area (Å²) in [6.45, 7) is 8.40. The Morgan fingerprint density at radius 3 is 2.19 bits per heavy atom. The van der Waals surface area contributed by atoms with Crippen molar-refractivity contribution in [2.45, 2.75) is 46.4 Å². The van der Waals surface area contributed by atoms with Gasteiger partial charge in [-0.1, -0.05) is 43.8 Å². The molecule has 0 aliphatic heterocycles. The molecule has 1 saturated carbocycles. The number of allylic oxidation sites excluding steroid dienone is 4. The first-order valence-electron chi connectivity index (χ1n) is 6.17. The molecule has 0 amide bonds. The first-order chi connectivity index (χ1) is 7.56. The molecule has 16 heavy (non-hydrogen) atoms. The summed E-state index contributed by atoms with van der Waals surface area (Å²) in [6, 6.07) is 0. The summed E-state index contributed by atoms with van der Waals surface area (Å²) >= 11 is 0. The van der Waals surface area contributed by atoms with Crippen LogP contribution < -0.4 is 0 Å². The van der Waals surface area contributed by atoms with Gasteiger partial charge in [-0.15, -0.1) is 0 Å². The van der Waals surface area contributed by atoms with Gasteiger partial charge in [0.05, 0.1) is 7.85 Å². The molecule has 3 unspecified atom stereocenters.